The van der Waals surface area contributed by atoms with Gasteiger partial charge in [0.15, 0.2) is 0 Å². The van der Waals surface area contributed by atoms with E-state index in [0.29, 0.717) is 5.41 Å². The molecule has 17 heavy (non-hydrogen) atoms. The molecule has 0 saturated carbocycles. The molecule has 0 saturated heterocycles. The van der Waals surface area contributed by atoms with E-state index in [2.05, 4.69) is 44.8 Å². The lowest BCUT2D eigenvalue weighted by Crippen LogP contribution is -2.35. The zero-order chi connectivity index (χ0) is 13.3. The summed E-state index contributed by atoms with van der Waals surface area (Å²) in [5.74, 6) is 0. The Morgan fingerprint density at radius 1 is 1.18 bits per heavy atom. The van der Waals surface area contributed by atoms with Crippen LogP contribution in [0, 0.1) is 5.41 Å². The van der Waals surface area contributed by atoms with Crippen LogP contribution < -0.4 is 5.32 Å². The van der Waals surface area contributed by atoms with Crippen LogP contribution in [-0.2, 0) is 0 Å². The highest BCUT2D eigenvalue weighted by Crippen LogP contribution is 2.27. The second-order valence-corrected chi connectivity index (χ2v) is 6.01. The molecule has 1 N–H and O–H groups in total. The fourth-order valence-electron chi connectivity index (χ4n) is 2.26. The molecule has 0 spiro atoms. The molecule has 0 heterocycles. The van der Waals surface area contributed by atoms with Crippen molar-refractivity contribution in [2.24, 2.45) is 5.41 Å². The van der Waals surface area contributed by atoms with Crippen LogP contribution in [0.1, 0.15) is 60.3 Å². The van der Waals surface area contributed by atoms with Crippen LogP contribution in [0.3, 0.4) is 0 Å². The molecule has 1 atom stereocenters. The van der Waals surface area contributed by atoms with Crippen LogP contribution in [0.4, 0.5) is 0 Å². The van der Waals surface area contributed by atoms with Crippen LogP contribution in [-0.4, -0.2) is 37.6 Å². The Hall–Kier alpha value is -0.0800. The lowest BCUT2D eigenvalue weighted by Gasteiger charge is -2.32. The molecule has 0 aromatic rings. The minimum Gasteiger partial charge on any atom is -0.320 e. The van der Waals surface area contributed by atoms with E-state index in [1.807, 2.05) is 7.05 Å². The molecule has 0 aromatic carbocycles. The molecule has 0 aliphatic carbocycles. The highest BCUT2D eigenvalue weighted by molar-refractivity contribution is 4.73. The second-order valence-electron chi connectivity index (χ2n) is 6.01. The standard InChI is InChI=1S/C15H34N2/c1-7-14(3)17(8-2)13-11-15(4,5)10-9-12-16-6/h14,16H,7-13H2,1-6H3/t14-/m1/s1. The highest BCUT2D eigenvalue weighted by Gasteiger charge is 2.19. The predicted octanol–water partition coefficient (Wildman–Crippen LogP) is 3.52. The van der Waals surface area contributed by atoms with Gasteiger partial charge in [-0.15, -0.1) is 0 Å². The van der Waals surface area contributed by atoms with Gasteiger partial charge in [-0.2, -0.15) is 0 Å². The van der Waals surface area contributed by atoms with Crippen molar-refractivity contribution in [3.63, 3.8) is 0 Å². The van der Waals surface area contributed by atoms with Gasteiger partial charge in [-0.1, -0.05) is 27.7 Å². The Kier molecular flexibility index (Phi) is 8.89. The first-order valence-corrected chi connectivity index (χ1v) is 7.35. The van der Waals surface area contributed by atoms with E-state index in [-0.39, 0.29) is 0 Å². The molecule has 0 bridgehead atoms. The van der Waals surface area contributed by atoms with Crippen molar-refractivity contribution in [2.45, 2.75) is 66.3 Å². The molecule has 0 radical (unpaired) electrons. The van der Waals surface area contributed by atoms with E-state index in [0.717, 1.165) is 12.6 Å². The maximum atomic E-state index is 3.23. The third-order valence-electron chi connectivity index (χ3n) is 3.98. The maximum Gasteiger partial charge on any atom is 0.00641 e. The SMILES string of the molecule is CC[C@@H](C)N(CC)CCC(C)(C)CCCNC. The maximum absolute atomic E-state index is 3.23. The molecular weight excluding hydrogens is 208 g/mol. The summed E-state index contributed by atoms with van der Waals surface area (Å²) in [6.07, 6.45) is 5.19. The molecule has 0 rings (SSSR count). The van der Waals surface area contributed by atoms with Gasteiger partial charge in [0.1, 0.15) is 0 Å². The van der Waals surface area contributed by atoms with Crippen molar-refractivity contribution in [2.75, 3.05) is 26.7 Å². The van der Waals surface area contributed by atoms with Crippen LogP contribution in [0.2, 0.25) is 0 Å². The number of nitrogens with one attached hydrogen (secondary N) is 1. The predicted molar refractivity (Wildman–Crippen MR) is 78.6 cm³/mol. The fraction of sp³-hybridized carbons (Fsp3) is 1.00. The minimum absolute atomic E-state index is 0.484. The van der Waals surface area contributed by atoms with Crippen LogP contribution in [0.15, 0.2) is 0 Å². The molecule has 0 aromatic heterocycles. The Morgan fingerprint density at radius 3 is 2.29 bits per heavy atom. The van der Waals surface area contributed by atoms with Crippen LogP contribution in [0.5, 0.6) is 0 Å². The van der Waals surface area contributed by atoms with Gasteiger partial charge in [0, 0.05) is 6.04 Å². The summed E-state index contributed by atoms with van der Waals surface area (Å²) in [5.41, 5.74) is 0.484. The Bertz CT molecular complexity index is 178. The molecule has 0 aliphatic heterocycles. The average molecular weight is 242 g/mol. The first kappa shape index (κ1) is 16.9. The third-order valence-corrected chi connectivity index (χ3v) is 3.98. The summed E-state index contributed by atoms with van der Waals surface area (Å²) in [6, 6.07) is 0.730. The number of rotatable bonds is 10. The molecular formula is C15H34N2. The van der Waals surface area contributed by atoms with Crippen molar-refractivity contribution in [1.29, 1.82) is 0 Å². The van der Waals surface area contributed by atoms with Gasteiger partial charge in [-0.3, -0.25) is 0 Å². The molecule has 0 amide bonds. The minimum atomic E-state index is 0.484. The van der Waals surface area contributed by atoms with Crippen molar-refractivity contribution in [3.05, 3.63) is 0 Å². The largest absolute Gasteiger partial charge is 0.320 e. The summed E-state index contributed by atoms with van der Waals surface area (Å²) < 4.78 is 0. The van der Waals surface area contributed by atoms with Gasteiger partial charge >= 0.3 is 0 Å². The summed E-state index contributed by atoms with van der Waals surface area (Å²) >= 11 is 0. The molecule has 0 aliphatic rings. The second kappa shape index (κ2) is 8.93. The lowest BCUT2D eigenvalue weighted by molar-refractivity contribution is 0.171. The molecule has 2 heteroatoms. The first-order valence-electron chi connectivity index (χ1n) is 7.35. The summed E-state index contributed by atoms with van der Waals surface area (Å²) in [5, 5.41) is 3.23. The smallest absolute Gasteiger partial charge is 0.00641 e. The first-order chi connectivity index (χ1) is 7.96. The van der Waals surface area contributed by atoms with E-state index in [4.69, 9.17) is 0 Å². The van der Waals surface area contributed by atoms with Gasteiger partial charge in [-0.05, 0) is 64.7 Å². The topological polar surface area (TPSA) is 15.3 Å². The molecule has 0 fully saturated rings. The summed E-state index contributed by atoms with van der Waals surface area (Å²) in [4.78, 5) is 2.61. The third kappa shape index (κ3) is 7.77. The van der Waals surface area contributed by atoms with Crippen molar-refractivity contribution in [1.82, 2.24) is 10.2 Å². The van der Waals surface area contributed by atoms with Crippen molar-refractivity contribution in [3.8, 4) is 0 Å². The zero-order valence-corrected chi connectivity index (χ0v) is 13.0. The normalized spacial score (nSPS) is 14.3. The average Bonchev–Trinajstić information content (AvgIpc) is 2.29. The Labute approximate surface area is 109 Å². The van der Waals surface area contributed by atoms with Crippen LogP contribution in [0.25, 0.3) is 0 Å². The number of nitrogens with zero attached hydrogens (tertiary/aromatic N) is 1. The van der Waals surface area contributed by atoms with Gasteiger partial charge in [-0.25, -0.2) is 0 Å². The number of hydrogen-bond acceptors (Lipinski definition) is 2. The zero-order valence-electron chi connectivity index (χ0n) is 13.0. The van der Waals surface area contributed by atoms with Gasteiger partial charge < -0.3 is 10.2 Å². The van der Waals surface area contributed by atoms with Gasteiger partial charge in [0.25, 0.3) is 0 Å². The number of hydrogen-bond donors (Lipinski definition) is 1. The Morgan fingerprint density at radius 2 is 1.82 bits per heavy atom. The fourth-order valence-corrected chi connectivity index (χ4v) is 2.26. The van der Waals surface area contributed by atoms with Gasteiger partial charge in [0.05, 0.1) is 0 Å². The highest BCUT2D eigenvalue weighted by atomic mass is 15.1. The van der Waals surface area contributed by atoms with E-state index >= 15 is 0 Å². The van der Waals surface area contributed by atoms with Crippen molar-refractivity contribution < 1.29 is 0 Å². The van der Waals surface area contributed by atoms with E-state index in [1.165, 1.54) is 38.8 Å². The molecule has 2 nitrogen and oxygen atoms in total. The van der Waals surface area contributed by atoms with Gasteiger partial charge in [0.2, 0.25) is 0 Å². The lowest BCUT2D eigenvalue weighted by atomic mass is 9.84. The molecule has 0 unspecified atom stereocenters. The van der Waals surface area contributed by atoms with Crippen LogP contribution >= 0.6 is 0 Å². The molecule has 104 valence electrons. The summed E-state index contributed by atoms with van der Waals surface area (Å²) in [6.45, 7) is 15.3. The van der Waals surface area contributed by atoms with E-state index in [1.54, 1.807) is 0 Å². The monoisotopic (exact) mass is 242 g/mol. The Balaban J connectivity index is 3.96. The van der Waals surface area contributed by atoms with E-state index < -0.39 is 0 Å². The van der Waals surface area contributed by atoms with E-state index in [9.17, 15) is 0 Å². The summed E-state index contributed by atoms with van der Waals surface area (Å²) in [7, 11) is 2.04. The van der Waals surface area contributed by atoms with Crippen molar-refractivity contribution >= 4 is 0 Å². The quantitative estimate of drug-likeness (QED) is 0.590.